The molecule has 2 heteroatoms. The Labute approximate surface area is 82.4 Å². The van der Waals surface area contributed by atoms with Crippen LogP contribution < -0.4 is 0 Å². The second-order valence-corrected chi connectivity index (χ2v) is 4.62. The summed E-state index contributed by atoms with van der Waals surface area (Å²) in [6.07, 6.45) is 6.13. The minimum Gasteiger partial charge on any atom is -0.303 e. The number of carbonyl (C=O) groups is 1. The largest absolute Gasteiger partial charge is 0.303 e. The van der Waals surface area contributed by atoms with Crippen LogP contribution in [0.4, 0.5) is 0 Å². The number of carbonyl (C=O) groups excluding carboxylic acids is 1. The molecular weight excluding hydrogens is 251 g/mol. The molecule has 0 aromatic carbocycles. The lowest BCUT2D eigenvalue weighted by molar-refractivity contribution is -0.107. The fraction of sp³-hybridized carbons (Fsp3) is 0.667. The van der Waals surface area contributed by atoms with E-state index in [4.69, 9.17) is 0 Å². The van der Waals surface area contributed by atoms with Gasteiger partial charge in [0.05, 0.1) is 0 Å². The van der Waals surface area contributed by atoms with Gasteiger partial charge in [-0.3, -0.25) is 0 Å². The zero-order valence-corrected chi connectivity index (χ0v) is 9.30. The van der Waals surface area contributed by atoms with Crippen molar-refractivity contribution >= 4 is 28.9 Å². The molecule has 0 heterocycles. The van der Waals surface area contributed by atoms with Crippen molar-refractivity contribution in [3.05, 3.63) is 11.6 Å². The molecule has 0 aliphatic carbocycles. The number of alkyl halides is 1. The number of allylic oxidation sites excluding steroid dienone is 2. The van der Waals surface area contributed by atoms with Crippen LogP contribution in [0.1, 0.15) is 33.1 Å². The fourth-order valence-electron chi connectivity index (χ4n) is 0.775. The quantitative estimate of drug-likeness (QED) is 0.323. The summed E-state index contributed by atoms with van der Waals surface area (Å²) in [4.78, 5) is 10.1. The molecule has 0 saturated heterocycles. The summed E-state index contributed by atoms with van der Waals surface area (Å²) in [5.41, 5.74) is 1.36. The predicted octanol–water partition coefficient (Wildman–Crippen LogP) is 3.13. The molecule has 0 fully saturated rings. The van der Waals surface area contributed by atoms with Gasteiger partial charge in [0.2, 0.25) is 0 Å². The molecule has 0 saturated carbocycles. The highest BCUT2D eigenvalue weighted by molar-refractivity contribution is 14.1. The van der Waals surface area contributed by atoms with Crippen molar-refractivity contribution in [1.82, 2.24) is 0 Å². The van der Waals surface area contributed by atoms with E-state index in [1.807, 2.05) is 0 Å². The van der Waals surface area contributed by atoms with E-state index in [0.29, 0.717) is 10.3 Å². The first kappa shape index (κ1) is 11.1. The van der Waals surface area contributed by atoms with E-state index in [9.17, 15) is 4.79 Å². The predicted molar refractivity (Wildman–Crippen MR) is 57.2 cm³/mol. The van der Waals surface area contributed by atoms with Gasteiger partial charge >= 0.3 is 0 Å². The number of rotatable bonds is 5. The van der Waals surface area contributed by atoms with E-state index in [1.54, 1.807) is 0 Å². The van der Waals surface area contributed by atoms with Crippen molar-refractivity contribution in [3.63, 3.8) is 0 Å². The average Bonchev–Trinajstić information content (AvgIpc) is 1.87. The third-order valence-electron chi connectivity index (χ3n) is 1.38. The van der Waals surface area contributed by atoms with Gasteiger partial charge in [-0.25, -0.2) is 0 Å². The summed E-state index contributed by atoms with van der Waals surface area (Å²) in [7, 11) is 0. The van der Waals surface area contributed by atoms with Crippen molar-refractivity contribution in [2.24, 2.45) is 0 Å². The molecule has 0 amide bonds. The standard InChI is InChI=1S/C9H15IO/c1-8(2)4-3-5-9(10)6-7-11/h4,7,9H,3,5-6H2,1-2H3. The van der Waals surface area contributed by atoms with Gasteiger partial charge in [0.1, 0.15) is 6.29 Å². The van der Waals surface area contributed by atoms with Crippen molar-refractivity contribution in [1.29, 1.82) is 0 Å². The van der Waals surface area contributed by atoms with Crippen molar-refractivity contribution in [2.75, 3.05) is 0 Å². The molecule has 0 N–H and O–H groups in total. The maximum absolute atomic E-state index is 10.1. The molecule has 11 heavy (non-hydrogen) atoms. The first-order chi connectivity index (χ1) is 5.16. The molecule has 0 aliphatic heterocycles. The smallest absolute Gasteiger partial charge is 0.121 e. The SMILES string of the molecule is CC(C)=CCCC(I)CC=O. The number of halogens is 1. The third kappa shape index (κ3) is 8.04. The molecule has 0 bridgehead atoms. The summed E-state index contributed by atoms with van der Waals surface area (Å²) < 4.78 is 0.515. The van der Waals surface area contributed by atoms with Crippen LogP contribution in [0, 0.1) is 0 Å². The van der Waals surface area contributed by atoms with Crippen LogP contribution in [0.3, 0.4) is 0 Å². The maximum Gasteiger partial charge on any atom is 0.121 e. The highest BCUT2D eigenvalue weighted by Crippen LogP contribution is 2.12. The number of hydrogen-bond acceptors (Lipinski definition) is 1. The van der Waals surface area contributed by atoms with Crippen LogP contribution in [-0.2, 0) is 4.79 Å². The zero-order valence-electron chi connectivity index (χ0n) is 7.14. The van der Waals surface area contributed by atoms with E-state index in [-0.39, 0.29) is 0 Å². The molecule has 0 radical (unpaired) electrons. The molecule has 64 valence electrons. The molecule has 0 aliphatic rings. The molecular formula is C9H15IO. The van der Waals surface area contributed by atoms with Gasteiger partial charge in [-0.05, 0) is 26.7 Å². The lowest BCUT2D eigenvalue weighted by atomic mass is 10.1. The fourth-order valence-corrected chi connectivity index (χ4v) is 1.34. The molecule has 1 atom stereocenters. The Hall–Kier alpha value is 0.140. The Morgan fingerprint density at radius 3 is 2.64 bits per heavy atom. The van der Waals surface area contributed by atoms with E-state index in [0.717, 1.165) is 19.1 Å². The van der Waals surface area contributed by atoms with E-state index in [1.165, 1.54) is 5.57 Å². The molecule has 0 rings (SSSR count). The van der Waals surface area contributed by atoms with Crippen molar-refractivity contribution in [3.8, 4) is 0 Å². The summed E-state index contributed by atoms with van der Waals surface area (Å²) in [5.74, 6) is 0. The molecule has 1 unspecified atom stereocenters. The Kier molecular flexibility index (Phi) is 6.91. The maximum atomic E-state index is 10.1. The van der Waals surface area contributed by atoms with Crippen LogP contribution >= 0.6 is 22.6 Å². The Morgan fingerprint density at radius 2 is 2.18 bits per heavy atom. The summed E-state index contributed by atoms with van der Waals surface area (Å²) in [6, 6.07) is 0. The first-order valence-electron chi connectivity index (χ1n) is 3.88. The normalized spacial score (nSPS) is 12.3. The lowest BCUT2D eigenvalue weighted by Crippen LogP contribution is -1.96. The number of hydrogen-bond donors (Lipinski definition) is 0. The van der Waals surface area contributed by atoms with Gasteiger partial charge in [-0.15, -0.1) is 0 Å². The van der Waals surface area contributed by atoms with Crippen molar-refractivity contribution in [2.45, 2.75) is 37.0 Å². The summed E-state index contributed by atoms with van der Waals surface area (Å²) >= 11 is 2.33. The minimum absolute atomic E-state index is 0.515. The van der Waals surface area contributed by atoms with Crippen LogP contribution in [0.2, 0.25) is 0 Å². The second kappa shape index (κ2) is 6.83. The van der Waals surface area contributed by atoms with Gasteiger partial charge in [-0.1, -0.05) is 34.2 Å². The van der Waals surface area contributed by atoms with Crippen LogP contribution in [-0.4, -0.2) is 10.2 Å². The second-order valence-electron chi connectivity index (χ2n) is 2.86. The lowest BCUT2D eigenvalue weighted by Gasteiger charge is -2.01. The zero-order chi connectivity index (χ0) is 8.69. The van der Waals surface area contributed by atoms with E-state index < -0.39 is 0 Å². The van der Waals surface area contributed by atoms with Gasteiger partial charge in [-0.2, -0.15) is 0 Å². The third-order valence-corrected chi connectivity index (χ3v) is 2.52. The number of aldehydes is 1. The summed E-state index contributed by atoms with van der Waals surface area (Å²) in [6.45, 7) is 4.20. The average molecular weight is 266 g/mol. The molecule has 0 aromatic heterocycles. The molecule has 1 nitrogen and oxygen atoms in total. The van der Waals surface area contributed by atoms with Gasteiger partial charge in [0.15, 0.2) is 0 Å². The van der Waals surface area contributed by atoms with E-state index in [2.05, 4.69) is 42.5 Å². The van der Waals surface area contributed by atoms with Gasteiger partial charge < -0.3 is 4.79 Å². The molecule has 0 aromatic rings. The molecule has 0 spiro atoms. The van der Waals surface area contributed by atoms with Gasteiger partial charge in [0.25, 0.3) is 0 Å². The van der Waals surface area contributed by atoms with E-state index >= 15 is 0 Å². The van der Waals surface area contributed by atoms with Crippen LogP contribution in [0.5, 0.6) is 0 Å². The summed E-state index contributed by atoms with van der Waals surface area (Å²) in [5, 5.41) is 0. The van der Waals surface area contributed by atoms with Crippen molar-refractivity contribution < 1.29 is 4.79 Å². The van der Waals surface area contributed by atoms with Gasteiger partial charge in [0, 0.05) is 10.3 Å². The van der Waals surface area contributed by atoms with Crippen LogP contribution in [0.15, 0.2) is 11.6 Å². The Balaban J connectivity index is 3.38. The topological polar surface area (TPSA) is 17.1 Å². The Morgan fingerprint density at radius 1 is 1.55 bits per heavy atom. The monoisotopic (exact) mass is 266 g/mol. The minimum atomic E-state index is 0.515. The first-order valence-corrected chi connectivity index (χ1v) is 5.12. The van der Waals surface area contributed by atoms with Crippen LogP contribution in [0.25, 0.3) is 0 Å². The Bertz CT molecular complexity index is 136. The highest BCUT2D eigenvalue weighted by atomic mass is 127. The highest BCUT2D eigenvalue weighted by Gasteiger charge is 2.00.